The van der Waals surface area contributed by atoms with Gasteiger partial charge in [0.2, 0.25) is 0 Å². The Morgan fingerprint density at radius 3 is 2.48 bits per heavy atom. The van der Waals surface area contributed by atoms with Crippen molar-refractivity contribution in [1.29, 1.82) is 0 Å². The van der Waals surface area contributed by atoms with Crippen LogP contribution in [-0.4, -0.2) is 42.6 Å². The number of alkyl halides is 2. The summed E-state index contributed by atoms with van der Waals surface area (Å²) in [5, 5.41) is 14.9. The number of nitrogens with zero attached hydrogens (tertiary/aromatic N) is 1. The third-order valence-corrected chi connectivity index (χ3v) is 4.03. The molecule has 0 radical (unpaired) electrons. The Bertz CT molecular complexity index is 627. The maximum atomic E-state index is 13.7. The normalized spacial score (nSPS) is 18.2. The number of halogens is 2. The van der Waals surface area contributed by atoms with Gasteiger partial charge in [-0.1, -0.05) is 30.3 Å². The summed E-state index contributed by atoms with van der Waals surface area (Å²) in [6.45, 7) is 2.48. The lowest BCUT2D eigenvalue weighted by Crippen LogP contribution is -2.47. The molecule has 2 N–H and O–H groups in total. The molecule has 112 valence electrons. The minimum atomic E-state index is -2.54. The number of benzene rings is 2. The summed E-state index contributed by atoms with van der Waals surface area (Å²) >= 11 is 0. The van der Waals surface area contributed by atoms with Crippen molar-refractivity contribution in [3.05, 3.63) is 42.0 Å². The predicted octanol–water partition coefficient (Wildman–Crippen LogP) is 2.76. The zero-order valence-corrected chi connectivity index (χ0v) is 11.6. The Kier molecular flexibility index (Phi) is 4.03. The monoisotopic (exact) mass is 292 g/mol. The van der Waals surface area contributed by atoms with Crippen LogP contribution < -0.4 is 5.32 Å². The summed E-state index contributed by atoms with van der Waals surface area (Å²) in [6, 6.07) is 9.54. The number of piperazine rings is 1. The summed E-state index contributed by atoms with van der Waals surface area (Å²) in [6.07, 6.45) is -2.54. The molecule has 0 aromatic heterocycles. The highest BCUT2D eigenvalue weighted by Gasteiger charge is 2.33. The standard InChI is InChI=1S/C16H18F2N2O/c17-16(18)15(20-9-7-19-8-10-20)14-12-4-2-1-3-11(12)5-6-13(14)21/h1-6,15-16,19,21H,7-10H2/t15-/m1/s1. The highest BCUT2D eigenvalue weighted by atomic mass is 19.3. The predicted molar refractivity (Wildman–Crippen MR) is 78.8 cm³/mol. The van der Waals surface area contributed by atoms with E-state index in [1.165, 1.54) is 6.07 Å². The molecule has 0 aliphatic carbocycles. The number of fused-ring (bicyclic) bond motifs is 1. The SMILES string of the molecule is Oc1ccc2ccccc2c1[C@H](C(F)F)N1CCNCC1. The van der Waals surface area contributed by atoms with Crippen LogP contribution in [0.4, 0.5) is 8.78 Å². The van der Waals surface area contributed by atoms with Crippen molar-refractivity contribution in [2.24, 2.45) is 0 Å². The molecule has 1 aliphatic rings. The van der Waals surface area contributed by atoms with Crippen LogP contribution in [0.25, 0.3) is 10.8 Å². The fourth-order valence-electron chi connectivity index (χ4n) is 3.02. The van der Waals surface area contributed by atoms with Crippen LogP contribution in [0.15, 0.2) is 36.4 Å². The molecular formula is C16H18F2N2O. The minimum Gasteiger partial charge on any atom is -0.508 e. The van der Waals surface area contributed by atoms with Crippen molar-refractivity contribution in [3.63, 3.8) is 0 Å². The van der Waals surface area contributed by atoms with Crippen molar-refractivity contribution in [3.8, 4) is 5.75 Å². The van der Waals surface area contributed by atoms with Crippen molar-refractivity contribution in [2.75, 3.05) is 26.2 Å². The molecule has 0 amide bonds. The summed E-state index contributed by atoms with van der Waals surface area (Å²) in [5.74, 6) is -0.0578. The molecule has 21 heavy (non-hydrogen) atoms. The Balaban J connectivity index is 2.12. The van der Waals surface area contributed by atoms with E-state index < -0.39 is 12.5 Å². The molecule has 0 unspecified atom stereocenters. The number of hydrogen-bond acceptors (Lipinski definition) is 3. The van der Waals surface area contributed by atoms with Crippen molar-refractivity contribution in [2.45, 2.75) is 12.5 Å². The number of phenols is 1. The van der Waals surface area contributed by atoms with Crippen LogP contribution >= 0.6 is 0 Å². The lowest BCUT2D eigenvalue weighted by atomic mass is 9.96. The van der Waals surface area contributed by atoms with Crippen LogP contribution in [0.1, 0.15) is 11.6 Å². The summed E-state index contributed by atoms with van der Waals surface area (Å²) in [4.78, 5) is 1.75. The van der Waals surface area contributed by atoms with Gasteiger partial charge in [-0.3, -0.25) is 4.90 Å². The highest BCUT2D eigenvalue weighted by Crippen LogP contribution is 2.38. The van der Waals surface area contributed by atoms with Gasteiger partial charge in [0.05, 0.1) is 0 Å². The van der Waals surface area contributed by atoms with E-state index >= 15 is 0 Å². The molecule has 2 aromatic carbocycles. The van der Waals surface area contributed by atoms with Gasteiger partial charge in [0.15, 0.2) is 0 Å². The van der Waals surface area contributed by atoms with E-state index in [4.69, 9.17) is 0 Å². The number of nitrogens with one attached hydrogen (secondary N) is 1. The van der Waals surface area contributed by atoms with Crippen molar-refractivity contribution in [1.82, 2.24) is 10.2 Å². The molecule has 3 nitrogen and oxygen atoms in total. The van der Waals surface area contributed by atoms with E-state index in [1.807, 2.05) is 18.2 Å². The fraction of sp³-hybridized carbons (Fsp3) is 0.375. The third kappa shape index (κ3) is 2.71. The van der Waals surface area contributed by atoms with Crippen molar-refractivity contribution < 1.29 is 13.9 Å². The lowest BCUT2D eigenvalue weighted by Gasteiger charge is -2.35. The first-order valence-corrected chi connectivity index (χ1v) is 7.12. The lowest BCUT2D eigenvalue weighted by molar-refractivity contribution is 0.0178. The summed E-state index contributed by atoms with van der Waals surface area (Å²) in [5.41, 5.74) is 0.338. The van der Waals surface area contributed by atoms with Crippen LogP contribution in [0.3, 0.4) is 0 Å². The minimum absolute atomic E-state index is 0.0578. The zero-order chi connectivity index (χ0) is 14.8. The Morgan fingerprint density at radius 2 is 1.76 bits per heavy atom. The Morgan fingerprint density at radius 1 is 1.05 bits per heavy atom. The van der Waals surface area contributed by atoms with Gasteiger partial charge < -0.3 is 10.4 Å². The average molecular weight is 292 g/mol. The molecule has 1 saturated heterocycles. The summed E-state index contributed by atoms with van der Waals surface area (Å²) < 4.78 is 27.4. The molecular weight excluding hydrogens is 274 g/mol. The van der Waals surface area contributed by atoms with E-state index in [1.54, 1.807) is 17.0 Å². The van der Waals surface area contributed by atoms with E-state index in [9.17, 15) is 13.9 Å². The van der Waals surface area contributed by atoms with E-state index in [2.05, 4.69) is 5.32 Å². The Labute approximate surface area is 122 Å². The van der Waals surface area contributed by atoms with E-state index in [-0.39, 0.29) is 5.75 Å². The van der Waals surface area contributed by atoms with Crippen LogP contribution in [0.2, 0.25) is 0 Å². The molecule has 5 heteroatoms. The molecule has 0 spiro atoms. The number of rotatable bonds is 3. The summed E-state index contributed by atoms with van der Waals surface area (Å²) in [7, 11) is 0. The first-order valence-electron chi connectivity index (χ1n) is 7.12. The van der Waals surface area contributed by atoms with E-state index in [0.29, 0.717) is 37.1 Å². The number of hydrogen-bond donors (Lipinski definition) is 2. The average Bonchev–Trinajstić information content (AvgIpc) is 2.51. The fourth-order valence-corrected chi connectivity index (χ4v) is 3.02. The smallest absolute Gasteiger partial charge is 0.258 e. The molecule has 1 aliphatic heterocycles. The van der Waals surface area contributed by atoms with Gasteiger partial charge in [0.1, 0.15) is 11.8 Å². The van der Waals surface area contributed by atoms with Gasteiger partial charge in [-0.25, -0.2) is 8.78 Å². The van der Waals surface area contributed by atoms with Gasteiger partial charge in [0, 0.05) is 31.7 Å². The molecule has 1 fully saturated rings. The maximum absolute atomic E-state index is 13.7. The third-order valence-electron chi connectivity index (χ3n) is 4.03. The molecule has 0 bridgehead atoms. The second kappa shape index (κ2) is 5.95. The first-order chi connectivity index (χ1) is 10.2. The molecule has 2 aromatic rings. The molecule has 1 atom stereocenters. The topological polar surface area (TPSA) is 35.5 Å². The molecule has 3 rings (SSSR count). The highest BCUT2D eigenvalue weighted by molar-refractivity contribution is 5.88. The van der Waals surface area contributed by atoms with Gasteiger partial charge in [0.25, 0.3) is 6.43 Å². The largest absolute Gasteiger partial charge is 0.508 e. The van der Waals surface area contributed by atoms with Gasteiger partial charge in [-0.2, -0.15) is 0 Å². The second-order valence-electron chi connectivity index (χ2n) is 5.28. The van der Waals surface area contributed by atoms with Crippen LogP contribution in [-0.2, 0) is 0 Å². The van der Waals surface area contributed by atoms with E-state index in [0.717, 1.165) is 5.39 Å². The van der Waals surface area contributed by atoms with Gasteiger partial charge in [-0.15, -0.1) is 0 Å². The quantitative estimate of drug-likeness (QED) is 0.913. The Hall–Kier alpha value is -1.72. The van der Waals surface area contributed by atoms with Crippen molar-refractivity contribution >= 4 is 10.8 Å². The maximum Gasteiger partial charge on any atom is 0.258 e. The zero-order valence-electron chi connectivity index (χ0n) is 11.6. The number of aromatic hydroxyl groups is 1. The molecule has 1 heterocycles. The van der Waals surface area contributed by atoms with Gasteiger partial charge >= 0.3 is 0 Å². The van der Waals surface area contributed by atoms with Crippen LogP contribution in [0.5, 0.6) is 5.75 Å². The molecule has 0 saturated carbocycles. The number of phenolic OH excluding ortho intramolecular Hbond substituents is 1. The second-order valence-corrected chi connectivity index (χ2v) is 5.28. The van der Waals surface area contributed by atoms with Crippen LogP contribution in [0, 0.1) is 0 Å². The van der Waals surface area contributed by atoms with Gasteiger partial charge in [-0.05, 0) is 16.8 Å². The first kappa shape index (κ1) is 14.2.